The Kier molecular flexibility index (Phi) is 9.21. The Morgan fingerprint density at radius 3 is 2.00 bits per heavy atom. The first-order valence-electron chi connectivity index (χ1n) is 10.6. The molecule has 1 aliphatic rings. The van der Waals surface area contributed by atoms with E-state index >= 15 is 0 Å². The number of hydrogen-bond acceptors (Lipinski definition) is 12. The van der Waals surface area contributed by atoms with Gasteiger partial charge in [-0.15, -0.1) is 0 Å². The molecule has 0 amide bonds. The lowest BCUT2D eigenvalue weighted by Gasteiger charge is -2.53. The Bertz CT molecular complexity index is 961. The Morgan fingerprint density at radius 2 is 1.49 bits per heavy atom. The molecule has 1 unspecified atom stereocenters. The van der Waals surface area contributed by atoms with Crippen molar-refractivity contribution in [3.63, 3.8) is 0 Å². The molecule has 1 aromatic rings. The molecule has 35 heavy (non-hydrogen) atoms. The van der Waals surface area contributed by atoms with Crippen LogP contribution in [0.1, 0.15) is 33.3 Å². The van der Waals surface area contributed by atoms with E-state index in [-0.39, 0.29) is 6.61 Å². The highest BCUT2D eigenvalue weighted by atomic mass is 16.7. The van der Waals surface area contributed by atoms with E-state index in [4.69, 9.17) is 23.7 Å². The largest absolute Gasteiger partial charge is 0.463 e. The second-order valence-electron chi connectivity index (χ2n) is 7.94. The standard InChI is InChI=1S/C23H28O12/c1-13(24)22(29)20(34-16(4)27)18(11-31-15(3)26)35-21(23(22,30)14(2)25)33-12-19(28)32-10-17-8-6-5-7-9-17/h5-9,18,20-21,29-30H,10-12H2,1-4H3/t18-,20+,21?,22+,23+/m1/s1. The van der Waals surface area contributed by atoms with Crippen LogP contribution in [0.15, 0.2) is 30.3 Å². The molecule has 0 bridgehead atoms. The van der Waals surface area contributed by atoms with Gasteiger partial charge < -0.3 is 33.9 Å². The molecule has 1 saturated heterocycles. The van der Waals surface area contributed by atoms with Crippen LogP contribution in [0.4, 0.5) is 0 Å². The highest BCUT2D eigenvalue weighted by Gasteiger charge is 2.72. The lowest BCUT2D eigenvalue weighted by molar-refractivity contribution is -0.350. The lowest BCUT2D eigenvalue weighted by Crippen LogP contribution is -2.80. The Morgan fingerprint density at radius 1 is 0.886 bits per heavy atom. The van der Waals surface area contributed by atoms with E-state index in [1.807, 2.05) is 0 Å². The van der Waals surface area contributed by atoms with Crippen LogP contribution in [0.25, 0.3) is 0 Å². The first-order chi connectivity index (χ1) is 16.3. The summed E-state index contributed by atoms with van der Waals surface area (Å²) in [6.45, 7) is 2.15. The van der Waals surface area contributed by atoms with Crippen molar-refractivity contribution >= 4 is 29.5 Å². The third-order valence-electron chi connectivity index (χ3n) is 5.38. The van der Waals surface area contributed by atoms with Crippen LogP contribution >= 0.6 is 0 Å². The molecule has 0 saturated carbocycles. The van der Waals surface area contributed by atoms with Gasteiger partial charge in [0.15, 0.2) is 24.0 Å². The van der Waals surface area contributed by atoms with Crippen LogP contribution in [-0.4, -0.2) is 82.6 Å². The fourth-order valence-corrected chi connectivity index (χ4v) is 3.65. The van der Waals surface area contributed by atoms with Gasteiger partial charge in [0, 0.05) is 13.8 Å². The summed E-state index contributed by atoms with van der Waals surface area (Å²) in [6.07, 6.45) is -5.62. The smallest absolute Gasteiger partial charge is 0.332 e. The molecule has 1 heterocycles. The van der Waals surface area contributed by atoms with E-state index in [1.54, 1.807) is 30.3 Å². The lowest BCUT2D eigenvalue weighted by atomic mass is 9.69. The summed E-state index contributed by atoms with van der Waals surface area (Å²) in [4.78, 5) is 60.4. The van der Waals surface area contributed by atoms with E-state index in [9.17, 15) is 34.2 Å². The highest BCUT2D eigenvalue weighted by molar-refractivity contribution is 5.98. The average Bonchev–Trinajstić information content (AvgIpc) is 2.79. The number of carbonyl (C=O) groups is 5. The van der Waals surface area contributed by atoms with Gasteiger partial charge in [-0.05, 0) is 19.4 Å². The van der Waals surface area contributed by atoms with Crippen molar-refractivity contribution in [2.24, 2.45) is 0 Å². The Hall–Kier alpha value is -3.19. The summed E-state index contributed by atoms with van der Waals surface area (Å²) in [7, 11) is 0. The van der Waals surface area contributed by atoms with Gasteiger partial charge in [-0.2, -0.15) is 0 Å². The number of esters is 3. The Labute approximate surface area is 201 Å². The number of hydrogen-bond donors (Lipinski definition) is 2. The summed E-state index contributed by atoms with van der Waals surface area (Å²) in [5.41, 5.74) is -5.50. The third-order valence-corrected chi connectivity index (χ3v) is 5.38. The van der Waals surface area contributed by atoms with Gasteiger partial charge in [0.2, 0.25) is 11.2 Å². The first-order valence-corrected chi connectivity index (χ1v) is 10.6. The van der Waals surface area contributed by atoms with E-state index in [2.05, 4.69) is 0 Å². The molecule has 0 radical (unpaired) electrons. The van der Waals surface area contributed by atoms with Crippen molar-refractivity contribution in [3.05, 3.63) is 35.9 Å². The maximum Gasteiger partial charge on any atom is 0.332 e. The molecule has 192 valence electrons. The van der Waals surface area contributed by atoms with Crippen molar-refractivity contribution in [1.29, 1.82) is 0 Å². The molecule has 1 aromatic carbocycles. The minimum absolute atomic E-state index is 0.0908. The average molecular weight is 496 g/mol. The van der Waals surface area contributed by atoms with Crippen LogP contribution in [0.5, 0.6) is 0 Å². The van der Waals surface area contributed by atoms with Gasteiger partial charge in [-0.1, -0.05) is 30.3 Å². The second kappa shape index (κ2) is 11.5. The van der Waals surface area contributed by atoms with Crippen LogP contribution in [0.3, 0.4) is 0 Å². The number of aliphatic hydroxyl groups is 2. The fraction of sp³-hybridized carbons (Fsp3) is 0.522. The van der Waals surface area contributed by atoms with Crippen LogP contribution in [0.2, 0.25) is 0 Å². The van der Waals surface area contributed by atoms with Crippen molar-refractivity contribution in [2.45, 2.75) is 64.0 Å². The van der Waals surface area contributed by atoms with Gasteiger partial charge in [-0.25, -0.2) is 4.79 Å². The minimum atomic E-state index is -3.11. The molecule has 5 atom stereocenters. The Balaban J connectivity index is 2.34. The van der Waals surface area contributed by atoms with Crippen LogP contribution < -0.4 is 0 Å². The molecule has 2 N–H and O–H groups in total. The van der Waals surface area contributed by atoms with E-state index in [1.165, 1.54) is 0 Å². The van der Waals surface area contributed by atoms with Gasteiger partial charge >= 0.3 is 17.9 Å². The van der Waals surface area contributed by atoms with E-state index in [0.29, 0.717) is 5.56 Å². The van der Waals surface area contributed by atoms with Crippen molar-refractivity contribution in [3.8, 4) is 0 Å². The molecular weight excluding hydrogens is 468 g/mol. The van der Waals surface area contributed by atoms with Gasteiger partial charge in [0.25, 0.3) is 0 Å². The molecule has 1 aliphatic heterocycles. The molecule has 0 aromatic heterocycles. The summed E-state index contributed by atoms with van der Waals surface area (Å²) in [5.74, 6) is -5.01. The van der Waals surface area contributed by atoms with Crippen LogP contribution in [-0.2, 0) is 54.3 Å². The van der Waals surface area contributed by atoms with E-state index in [0.717, 1.165) is 27.7 Å². The minimum Gasteiger partial charge on any atom is -0.463 e. The summed E-state index contributed by atoms with van der Waals surface area (Å²) < 4.78 is 25.8. The number of carbonyl (C=O) groups excluding carboxylic acids is 5. The molecule has 12 nitrogen and oxygen atoms in total. The summed E-state index contributed by atoms with van der Waals surface area (Å²) in [5, 5.41) is 22.6. The zero-order valence-corrected chi connectivity index (χ0v) is 19.7. The van der Waals surface area contributed by atoms with Gasteiger partial charge in [0.1, 0.15) is 25.9 Å². The molecule has 1 fully saturated rings. The number of rotatable bonds is 10. The van der Waals surface area contributed by atoms with Crippen LogP contribution in [0, 0.1) is 0 Å². The number of ether oxygens (including phenoxy) is 5. The maximum atomic E-state index is 12.6. The van der Waals surface area contributed by atoms with Gasteiger partial charge in [-0.3, -0.25) is 19.2 Å². The number of ketones is 2. The molecule has 12 heteroatoms. The SMILES string of the molecule is CC(=O)OC[C@H]1OC(OCC(=O)OCc2ccccc2)[C@@](O)(C(C)=O)[C@](O)(C(C)=O)[C@H]1OC(C)=O. The normalized spacial score (nSPS) is 28.0. The second-order valence-corrected chi connectivity index (χ2v) is 7.94. The quantitative estimate of drug-likeness (QED) is 0.318. The van der Waals surface area contributed by atoms with Crippen molar-refractivity contribution in [2.75, 3.05) is 13.2 Å². The van der Waals surface area contributed by atoms with E-state index < -0.39 is 72.4 Å². The zero-order valence-electron chi connectivity index (χ0n) is 19.7. The molecule has 2 rings (SSSR count). The fourth-order valence-electron chi connectivity index (χ4n) is 3.65. The third kappa shape index (κ3) is 6.09. The summed E-state index contributed by atoms with van der Waals surface area (Å²) >= 11 is 0. The molecule has 0 spiro atoms. The maximum absolute atomic E-state index is 12.6. The molecular formula is C23H28O12. The number of Topliss-reactive ketones (excluding diaryl/α,β-unsaturated/α-hetero) is 2. The highest BCUT2D eigenvalue weighted by Crippen LogP contribution is 2.42. The first kappa shape index (κ1) is 28.1. The van der Waals surface area contributed by atoms with Crippen molar-refractivity contribution < 1.29 is 57.9 Å². The van der Waals surface area contributed by atoms with Gasteiger partial charge in [0.05, 0.1) is 0 Å². The topological polar surface area (TPSA) is 172 Å². The number of benzene rings is 1. The summed E-state index contributed by atoms with van der Waals surface area (Å²) in [6, 6.07) is 8.70. The zero-order chi connectivity index (χ0) is 26.4. The predicted molar refractivity (Wildman–Crippen MR) is 114 cm³/mol. The monoisotopic (exact) mass is 496 g/mol. The van der Waals surface area contributed by atoms with Crippen molar-refractivity contribution in [1.82, 2.24) is 0 Å². The predicted octanol–water partition coefficient (Wildman–Crippen LogP) is -0.394. The molecule has 0 aliphatic carbocycles.